The molecule has 40 heavy (non-hydrogen) atoms. The van der Waals surface area contributed by atoms with E-state index >= 15 is 0 Å². The minimum absolute atomic E-state index is 0.133. The highest BCUT2D eigenvalue weighted by molar-refractivity contribution is 7.46. The first-order valence-corrected chi connectivity index (χ1v) is 17.4. The number of ether oxygens (including phenoxy) is 2. The van der Waals surface area contributed by atoms with Crippen molar-refractivity contribution in [2.45, 2.75) is 119 Å². The molecule has 11 unspecified atom stereocenters. The summed E-state index contributed by atoms with van der Waals surface area (Å²) in [6.45, 7) is 16.7. The summed E-state index contributed by atoms with van der Waals surface area (Å²) < 4.78 is 27.3. The monoisotopic (exact) mass is 582 g/mol. The van der Waals surface area contributed by atoms with E-state index in [0.717, 1.165) is 38.5 Å². The lowest BCUT2D eigenvalue weighted by atomic mass is 9.31. The number of methoxy groups -OCH3 is 1. The Bertz CT molecular complexity index is 1040. The fraction of sp³-hybridized carbons (Fsp3) is 0.969. The first-order valence-electron chi connectivity index (χ1n) is 15.9. The van der Waals surface area contributed by atoms with Crippen LogP contribution >= 0.6 is 7.82 Å². The summed E-state index contributed by atoms with van der Waals surface area (Å²) in [5.41, 5.74) is 0.190. The van der Waals surface area contributed by atoms with Gasteiger partial charge in [-0.2, -0.15) is 0 Å². The van der Waals surface area contributed by atoms with Crippen LogP contribution in [0, 0.1) is 62.6 Å². The number of phosphoric ester groups is 1. The zero-order valence-corrected chi connectivity index (χ0v) is 27.1. The summed E-state index contributed by atoms with van der Waals surface area (Å²) in [5, 5.41) is 0. The van der Waals surface area contributed by atoms with Crippen molar-refractivity contribution in [3.8, 4) is 0 Å². The van der Waals surface area contributed by atoms with Crippen LogP contribution in [-0.2, 0) is 23.4 Å². The van der Waals surface area contributed by atoms with Crippen LogP contribution in [0.25, 0.3) is 0 Å². The second-order valence-corrected chi connectivity index (χ2v) is 17.2. The molecule has 5 fully saturated rings. The van der Waals surface area contributed by atoms with E-state index in [1.165, 1.54) is 25.7 Å². The number of esters is 1. The predicted molar refractivity (Wildman–Crippen MR) is 154 cm³/mol. The van der Waals surface area contributed by atoms with Gasteiger partial charge < -0.3 is 19.3 Å². The smallest absolute Gasteiger partial charge is 0.437 e. The highest BCUT2D eigenvalue weighted by atomic mass is 31.2. The van der Waals surface area contributed by atoms with Gasteiger partial charge in [0.2, 0.25) is 6.79 Å². The molecule has 5 aliphatic carbocycles. The molecule has 0 bridgehead atoms. The van der Waals surface area contributed by atoms with Crippen molar-refractivity contribution in [3.05, 3.63) is 0 Å². The molecule has 0 aromatic carbocycles. The second kappa shape index (κ2) is 10.0. The third-order valence-electron chi connectivity index (χ3n) is 14.6. The molecule has 7 nitrogen and oxygen atoms in total. The molecule has 5 aliphatic rings. The van der Waals surface area contributed by atoms with Gasteiger partial charge in [0.15, 0.2) is 0 Å². The zero-order valence-electron chi connectivity index (χ0n) is 26.2. The van der Waals surface area contributed by atoms with Crippen molar-refractivity contribution in [2.24, 2.45) is 62.6 Å². The van der Waals surface area contributed by atoms with Crippen LogP contribution in [0.1, 0.15) is 113 Å². The fourth-order valence-electron chi connectivity index (χ4n) is 12.3. The van der Waals surface area contributed by atoms with Crippen molar-refractivity contribution in [2.75, 3.05) is 13.9 Å². The Balaban J connectivity index is 1.48. The molecule has 0 aliphatic heterocycles. The van der Waals surface area contributed by atoms with Crippen LogP contribution in [-0.4, -0.2) is 35.8 Å². The molecule has 0 spiro atoms. The Kier molecular flexibility index (Phi) is 7.78. The molecule has 2 N–H and O–H groups in total. The van der Waals surface area contributed by atoms with Crippen molar-refractivity contribution in [3.63, 3.8) is 0 Å². The summed E-state index contributed by atoms with van der Waals surface area (Å²) in [6, 6.07) is 0. The highest BCUT2D eigenvalue weighted by Crippen LogP contribution is 2.77. The van der Waals surface area contributed by atoms with Crippen LogP contribution in [0.4, 0.5) is 0 Å². The first kappa shape index (κ1) is 31.0. The van der Waals surface area contributed by atoms with Crippen molar-refractivity contribution in [1.82, 2.24) is 0 Å². The Morgan fingerprint density at radius 2 is 1.55 bits per heavy atom. The molecule has 11 atom stereocenters. The average Bonchev–Trinajstić information content (AvgIpc) is 2.85. The number of fused-ring (bicyclic) bond motifs is 7. The molecular weight excluding hydrogens is 527 g/mol. The van der Waals surface area contributed by atoms with E-state index in [2.05, 4.69) is 53.0 Å². The van der Waals surface area contributed by atoms with E-state index in [-0.39, 0.29) is 33.5 Å². The molecule has 0 amide bonds. The van der Waals surface area contributed by atoms with E-state index in [4.69, 9.17) is 19.3 Å². The van der Waals surface area contributed by atoms with E-state index in [1.54, 1.807) is 0 Å². The van der Waals surface area contributed by atoms with Gasteiger partial charge in [-0.3, -0.25) is 4.79 Å². The first-order chi connectivity index (χ1) is 18.5. The summed E-state index contributed by atoms with van der Waals surface area (Å²) in [6.07, 6.45) is 11.1. The Hall–Kier alpha value is -0.460. The van der Waals surface area contributed by atoms with Crippen molar-refractivity contribution >= 4 is 13.8 Å². The predicted octanol–water partition coefficient (Wildman–Crippen LogP) is 7.35. The van der Waals surface area contributed by atoms with Gasteiger partial charge >= 0.3 is 13.8 Å². The van der Waals surface area contributed by atoms with Crippen LogP contribution < -0.4 is 0 Å². The molecular formula is C32H55O7P. The maximum Gasteiger partial charge on any atom is 0.472 e. The van der Waals surface area contributed by atoms with Crippen LogP contribution in [0.3, 0.4) is 0 Å². The molecule has 0 aromatic heterocycles. The molecule has 5 rings (SSSR count). The zero-order chi connectivity index (χ0) is 29.5. The quantitative estimate of drug-likeness (QED) is 0.198. The Labute approximate surface area is 242 Å². The van der Waals surface area contributed by atoms with E-state index in [9.17, 15) is 9.36 Å². The van der Waals surface area contributed by atoms with Crippen LogP contribution in [0.5, 0.6) is 0 Å². The third-order valence-corrected chi connectivity index (χ3v) is 15.1. The molecule has 230 valence electrons. The van der Waals surface area contributed by atoms with Gasteiger partial charge in [0, 0.05) is 7.11 Å². The topological polar surface area (TPSA) is 102 Å². The maximum atomic E-state index is 13.8. The largest absolute Gasteiger partial charge is 0.472 e. The lowest BCUT2D eigenvalue weighted by Gasteiger charge is -2.73. The highest BCUT2D eigenvalue weighted by Gasteiger charge is 2.71. The summed E-state index contributed by atoms with van der Waals surface area (Å²) in [7, 11) is -2.81. The summed E-state index contributed by atoms with van der Waals surface area (Å²) in [5.74, 6) is 2.55. The van der Waals surface area contributed by atoms with E-state index < -0.39 is 20.0 Å². The summed E-state index contributed by atoms with van der Waals surface area (Å²) >= 11 is 0. The number of rotatable bonds is 5. The average molecular weight is 583 g/mol. The summed E-state index contributed by atoms with van der Waals surface area (Å²) in [4.78, 5) is 32.1. The molecule has 0 aromatic rings. The molecule has 0 radical (unpaired) electrons. The van der Waals surface area contributed by atoms with Crippen molar-refractivity contribution in [1.29, 1.82) is 0 Å². The van der Waals surface area contributed by atoms with Gasteiger partial charge in [-0.25, -0.2) is 9.09 Å². The molecule has 5 saturated carbocycles. The third kappa shape index (κ3) is 4.33. The SMILES string of the molecule is COC1CCC2(C)C(CCC3(C)C2CCC2C4C(C)C(C)CCC4(C(=O)OCOP(=O)(O)O)CCC23C)C1(C)C. The molecule has 0 saturated heterocycles. The Morgan fingerprint density at radius 1 is 0.850 bits per heavy atom. The van der Waals surface area contributed by atoms with Crippen molar-refractivity contribution < 1.29 is 33.1 Å². The number of hydrogen-bond acceptors (Lipinski definition) is 5. The minimum Gasteiger partial charge on any atom is -0.437 e. The lowest BCUT2D eigenvalue weighted by molar-refractivity contribution is -0.261. The van der Waals surface area contributed by atoms with E-state index in [1.807, 2.05) is 7.11 Å². The second-order valence-electron chi connectivity index (χ2n) is 16.0. The normalized spacial score (nSPS) is 50.1. The lowest BCUT2D eigenvalue weighted by Crippen LogP contribution is -2.68. The van der Waals surface area contributed by atoms with Crippen LogP contribution in [0.15, 0.2) is 0 Å². The fourth-order valence-corrected chi connectivity index (χ4v) is 12.5. The maximum absolute atomic E-state index is 13.8. The van der Waals surface area contributed by atoms with Gasteiger partial charge in [0.05, 0.1) is 11.5 Å². The van der Waals surface area contributed by atoms with E-state index in [0.29, 0.717) is 35.7 Å². The van der Waals surface area contributed by atoms with Gasteiger partial charge in [0.25, 0.3) is 0 Å². The molecule has 8 heteroatoms. The van der Waals surface area contributed by atoms with Crippen LogP contribution in [0.2, 0.25) is 0 Å². The minimum atomic E-state index is -4.70. The van der Waals surface area contributed by atoms with Gasteiger partial charge in [0.1, 0.15) is 0 Å². The van der Waals surface area contributed by atoms with Gasteiger partial charge in [-0.15, -0.1) is 0 Å². The van der Waals surface area contributed by atoms with Gasteiger partial charge in [-0.05, 0) is 121 Å². The standard InChI is InChI=1S/C32H55O7P/c1-20-11-16-32(27(33)38-19-39-40(34,35)36)18-17-30(6)22(26(32)21(20)2)9-10-24-29(5)14-13-25(37-8)28(3,4)23(29)12-15-31(24,30)7/h20-26H,9-19H2,1-8H3,(H2,34,35,36). The molecule has 0 heterocycles. The number of hydrogen-bond donors (Lipinski definition) is 2. The number of carbonyl (C=O) groups excluding carboxylic acids is 1. The van der Waals surface area contributed by atoms with Gasteiger partial charge in [-0.1, -0.05) is 48.5 Å². The number of carbonyl (C=O) groups is 1. The Morgan fingerprint density at radius 3 is 2.20 bits per heavy atom. The number of phosphoric acid groups is 1.